The molecule has 4 nitrogen and oxygen atoms in total. The van der Waals surface area contributed by atoms with Crippen molar-refractivity contribution in [2.45, 2.75) is 51.5 Å². The van der Waals surface area contributed by atoms with E-state index in [1.165, 1.54) is 25.7 Å². The Labute approximate surface area is 139 Å². The van der Waals surface area contributed by atoms with E-state index in [4.69, 9.17) is 0 Å². The Morgan fingerprint density at radius 1 is 1.22 bits per heavy atom. The van der Waals surface area contributed by atoms with Crippen molar-refractivity contribution >= 4 is 11.7 Å². The SMILES string of the molecule is CC1CCC(N(C)C(=O)[C@@H]2CCCN(c3ccccn3)C2)CC1. The van der Waals surface area contributed by atoms with E-state index in [-0.39, 0.29) is 5.92 Å². The second-order valence-electron chi connectivity index (χ2n) is 7.34. The Balaban J connectivity index is 1.60. The van der Waals surface area contributed by atoms with Gasteiger partial charge in [-0.1, -0.05) is 13.0 Å². The Kier molecular flexibility index (Phi) is 5.19. The zero-order valence-electron chi connectivity index (χ0n) is 14.4. The van der Waals surface area contributed by atoms with Crippen molar-refractivity contribution in [1.82, 2.24) is 9.88 Å². The fraction of sp³-hybridized carbons (Fsp3) is 0.684. The van der Waals surface area contributed by atoms with Gasteiger partial charge in [-0.05, 0) is 56.6 Å². The number of hydrogen-bond acceptors (Lipinski definition) is 3. The molecule has 4 heteroatoms. The second kappa shape index (κ2) is 7.33. The molecule has 0 bridgehead atoms. The van der Waals surface area contributed by atoms with Gasteiger partial charge in [0.1, 0.15) is 5.82 Å². The van der Waals surface area contributed by atoms with Crippen molar-refractivity contribution in [2.75, 3.05) is 25.0 Å². The van der Waals surface area contributed by atoms with E-state index in [1.54, 1.807) is 0 Å². The number of aromatic nitrogens is 1. The fourth-order valence-corrected chi connectivity index (χ4v) is 4.03. The quantitative estimate of drug-likeness (QED) is 0.858. The van der Waals surface area contributed by atoms with Crippen molar-refractivity contribution in [1.29, 1.82) is 0 Å². The summed E-state index contributed by atoms with van der Waals surface area (Å²) in [4.78, 5) is 21.7. The molecule has 1 aromatic heterocycles. The Morgan fingerprint density at radius 3 is 2.70 bits per heavy atom. The van der Waals surface area contributed by atoms with Crippen molar-refractivity contribution in [3.8, 4) is 0 Å². The monoisotopic (exact) mass is 315 g/mol. The summed E-state index contributed by atoms with van der Waals surface area (Å²) in [6.45, 7) is 4.14. The number of pyridine rings is 1. The molecule has 1 atom stereocenters. The number of carbonyl (C=O) groups is 1. The van der Waals surface area contributed by atoms with Gasteiger partial charge in [-0.15, -0.1) is 0 Å². The summed E-state index contributed by atoms with van der Waals surface area (Å²) in [5, 5.41) is 0. The zero-order valence-corrected chi connectivity index (χ0v) is 14.4. The molecule has 0 N–H and O–H groups in total. The molecule has 1 aliphatic heterocycles. The van der Waals surface area contributed by atoms with E-state index < -0.39 is 0 Å². The van der Waals surface area contributed by atoms with Crippen LogP contribution in [0.2, 0.25) is 0 Å². The molecule has 1 saturated heterocycles. The van der Waals surface area contributed by atoms with E-state index in [0.717, 1.165) is 37.7 Å². The lowest BCUT2D eigenvalue weighted by molar-refractivity contribution is -0.137. The maximum Gasteiger partial charge on any atom is 0.227 e. The summed E-state index contributed by atoms with van der Waals surface area (Å²) < 4.78 is 0. The summed E-state index contributed by atoms with van der Waals surface area (Å²) in [7, 11) is 2.02. The number of anilines is 1. The molecule has 2 aliphatic rings. The molecule has 1 aliphatic carbocycles. The van der Waals surface area contributed by atoms with Gasteiger partial charge < -0.3 is 9.80 Å². The lowest BCUT2D eigenvalue weighted by atomic mass is 9.86. The van der Waals surface area contributed by atoms with Gasteiger partial charge >= 0.3 is 0 Å². The third-order valence-corrected chi connectivity index (χ3v) is 5.62. The first-order valence-electron chi connectivity index (χ1n) is 9.08. The minimum absolute atomic E-state index is 0.120. The average Bonchev–Trinajstić information content (AvgIpc) is 2.62. The first kappa shape index (κ1) is 16.3. The molecule has 1 aromatic rings. The van der Waals surface area contributed by atoms with Gasteiger partial charge in [0.25, 0.3) is 0 Å². The van der Waals surface area contributed by atoms with E-state index >= 15 is 0 Å². The maximum absolute atomic E-state index is 12.9. The lowest BCUT2D eigenvalue weighted by Crippen LogP contribution is -2.47. The number of hydrogen-bond donors (Lipinski definition) is 0. The largest absolute Gasteiger partial charge is 0.356 e. The Bertz CT molecular complexity index is 511. The maximum atomic E-state index is 12.9. The highest BCUT2D eigenvalue weighted by atomic mass is 16.2. The molecule has 2 fully saturated rings. The number of nitrogens with zero attached hydrogens (tertiary/aromatic N) is 3. The number of amides is 1. The van der Waals surface area contributed by atoms with Gasteiger partial charge in [0.2, 0.25) is 5.91 Å². The molecule has 0 spiro atoms. The van der Waals surface area contributed by atoms with Crippen LogP contribution >= 0.6 is 0 Å². The molecule has 2 heterocycles. The molecule has 3 rings (SSSR count). The predicted octanol–water partition coefficient (Wildman–Crippen LogP) is 3.34. The standard InChI is InChI=1S/C19H29N3O/c1-15-8-10-17(11-9-15)21(2)19(23)16-6-5-13-22(14-16)18-7-3-4-12-20-18/h3-4,7,12,15-17H,5-6,8-11,13-14H2,1-2H3/t15?,16-,17?/m1/s1. The summed E-state index contributed by atoms with van der Waals surface area (Å²) >= 11 is 0. The molecule has 0 radical (unpaired) electrons. The third-order valence-electron chi connectivity index (χ3n) is 5.62. The summed E-state index contributed by atoms with van der Waals surface area (Å²) in [6, 6.07) is 6.44. The predicted molar refractivity (Wildman–Crippen MR) is 93.4 cm³/mol. The van der Waals surface area contributed by atoms with Crippen LogP contribution in [0.1, 0.15) is 45.4 Å². The van der Waals surface area contributed by atoms with E-state index in [0.29, 0.717) is 11.9 Å². The zero-order chi connectivity index (χ0) is 16.2. The van der Waals surface area contributed by atoms with Crippen molar-refractivity contribution in [3.63, 3.8) is 0 Å². The normalized spacial score (nSPS) is 28.4. The van der Waals surface area contributed by atoms with Crippen LogP contribution in [0.5, 0.6) is 0 Å². The van der Waals surface area contributed by atoms with Gasteiger partial charge in [-0.3, -0.25) is 4.79 Å². The molecule has 0 unspecified atom stereocenters. The summed E-state index contributed by atoms with van der Waals surface area (Å²) in [5.41, 5.74) is 0. The second-order valence-corrected chi connectivity index (χ2v) is 7.34. The molecular formula is C19H29N3O. The van der Waals surface area contributed by atoms with E-state index in [9.17, 15) is 4.79 Å². The van der Waals surface area contributed by atoms with Gasteiger partial charge in [0.15, 0.2) is 0 Å². The van der Waals surface area contributed by atoms with Crippen LogP contribution < -0.4 is 4.90 Å². The van der Waals surface area contributed by atoms with Gasteiger partial charge in [0, 0.05) is 32.4 Å². The lowest BCUT2D eigenvalue weighted by Gasteiger charge is -2.38. The molecule has 126 valence electrons. The molecule has 23 heavy (non-hydrogen) atoms. The highest BCUT2D eigenvalue weighted by Gasteiger charge is 2.32. The Morgan fingerprint density at radius 2 is 2.00 bits per heavy atom. The summed E-state index contributed by atoms with van der Waals surface area (Å²) in [6.07, 6.45) is 8.76. The van der Waals surface area contributed by atoms with Crippen molar-refractivity contribution in [2.24, 2.45) is 11.8 Å². The highest BCUT2D eigenvalue weighted by molar-refractivity contribution is 5.79. The van der Waals surface area contributed by atoms with Crippen LogP contribution in [0.4, 0.5) is 5.82 Å². The van der Waals surface area contributed by atoms with Crippen molar-refractivity contribution < 1.29 is 4.79 Å². The van der Waals surface area contributed by atoms with Crippen LogP contribution in [0, 0.1) is 11.8 Å². The van der Waals surface area contributed by atoms with Gasteiger partial charge in [-0.25, -0.2) is 4.98 Å². The number of piperidine rings is 1. The molecule has 1 amide bonds. The van der Waals surface area contributed by atoms with Crippen LogP contribution in [-0.4, -0.2) is 42.0 Å². The first-order chi connectivity index (χ1) is 11.1. The van der Waals surface area contributed by atoms with Crippen LogP contribution in [0.15, 0.2) is 24.4 Å². The van der Waals surface area contributed by atoms with Crippen LogP contribution in [0.25, 0.3) is 0 Å². The minimum Gasteiger partial charge on any atom is -0.356 e. The number of rotatable bonds is 3. The minimum atomic E-state index is 0.120. The first-order valence-corrected chi connectivity index (χ1v) is 9.08. The fourth-order valence-electron chi connectivity index (χ4n) is 4.03. The molecule has 1 saturated carbocycles. The third kappa shape index (κ3) is 3.85. The topological polar surface area (TPSA) is 36.4 Å². The summed E-state index contributed by atoms with van der Waals surface area (Å²) in [5.74, 6) is 2.28. The molecular weight excluding hydrogens is 286 g/mol. The van der Waals surface area contributed by atoms with Gasteiger partial charge in [-0.2, -0.15) is 0 Å². The van der Waals surface area contributed by atoms with E-state index in [1.807, 2.05) is 31.4 Å². The smallest absolute Gasteiger partial charge is 0.227 e. The van der Waals surface area contributed by atoms with Crippen molar-refractivity contribution in [3.05, 3.63) is 24.4 Å². The average molecular weight is 315 g/mol. The number of carbonyl (C=O) groups excluding carboxylic acids is 1. The Hall–Kier alpha value is -1.58. The van der Waals surface area contributed by atoms with E-state index in [2.05, 4.69) is 21.7 Å². The van der Waals surface area contributed by atoms with Crippen LogP contribution in [-0.2, 0) is 4.79 Å². The molecule has 0 aromatic carbocycles. The highest BCUT2D eigenvalue weighted by Crippen LogP contribution is 2.29. The van der Waals surface area contributed by atoms with Gasteiger partial charge in [0.05, 0.1) is 5.92 Å². The van der Waals surface area contributed by atoms with Crippen LogP contribution in [0.3, 0.4) is 0 Å².